The third-order valence-electron chi connectivity index (χ3n) is 4.83. The van der Waals surface area contributed by atoms with E-state index in [0.717, 1.165) is 12.0 Å². The van der Waals surface area contributed by atoms with Crippen molar-refractivity contribution in [2.24, 2.45) is 11.8 Å². The summed E-state index contributed by atoms with van der Waals surface area (Å²) in [6, 6.07) is 3.52. The van der Waals surface area contributed by atoms with Gasteiger partial charge >= 0.3 is 6.09 Å². The second-order valence-corrected chi connectivity index (χ2v) is 7.97. The number of pyridine rings is 1. The van der Waals surface area contributed by atoms with Gasteiger partial charge in [-0.2, -0.15) is 0 Å². The molecule has 1 saturated carbocycles. The average Bonchev–Trinajstić information content (AvgIpc) is 3.00. The Bertz CT molecular complexity index is 599. The van der Waals surface area contributed by atoms with E-state index in [2.05, 4.69) is 4.98 Å². The van der Waals surface area contributed by atoms with E-state index in [1.54, 1.807) is 17.2 Å². The lowest BCUT2D eigenvalue weighted by Gasteiger charge is -2.31. The molecule has 1 aliphatic heterocycles. The Morgan fingerprint density at radius 2 is 2.17 bits per heavy atom. The molecule has 2 aliphatic rings. The van der Waals surface area contributed by atoms with Gasteiger partial charge in [0.05, 0.1) is 5.60 Å². The fourth-order valence-electron chi connectivity index (χ4n) is 3.76. The van der Waals surface area contributed by atoms with E-state index in [1.807, 2.05) is 26.8 Å². The molecule has 0 spiro atoms. The fraction of sp³-hybridized carbons (Fsp3) is 0.647. The summed E-state index contributed by atoms with van der Waals surface area (Å²) < 4.78 is 5.45. The van der Waals surface area contributed by atoms with Gasteiger partial charge in [-0.25, -0.2) is 9.78 Å². The highest BCUT2D eigenvalue weighted by Gasteiger charge is 2.53. The van der Waals surface area contributed by atoms with Crippen LogP contribution in [0.2, 0.25) is 5.15 Å². The first-order chi connectivity index (χ1) is 10.7. The van der Waals surface area contributed by atoms with Crippen LogP contribution in [-0.4, -0.2) is 39.8 Å². The summed E-state index contributed by atoms with van der Waals surface area (Å²) >= 11 is 5.84. The standard InChI is InChI=1S/C17H23ClN2O3/c1-16(2,3)23-15(21)20-9-11-6-7-17(22,13(11)10-20)12-4-5-14(18)19-8-12/h4-5,8,11,13,22H,6-7,9-10H2,1-3H3/t11-,13+,17?/m1/s1. The van der Waals surface area contributed by atoms with Crippen molar-refractivity contribution in [1.29, 1.82) is 0 Å². The number of amides is 1. The summed E-state index contributed by atoms with van der Waals surface area (Å²) in [7, 11) is 0. The van der Waals surface area contributed by atoms with Crippen molar-refractivity contribution in [3.63, 3.8) is 0 Å². The highest BCUT2D eigenvalue weighted by molar-refractivity contribution is 6.29. The topological polar surface area (TPSA) is 62.7 Å². The van der Waals surface area contributed by atoms with Crippen molar-refractivity contribution in [2.75, 3.05) is 13.1 Å². The molecule has 3 rings (SSSR count). The van der Waals surface area contributed by atoms with Gasteiger partial charge in [-0.3, -0.25) is 0 Å². The van der Waals surface area contributed by atoms with Crippen LogP contribution < -0.4 is 0 Å². The van der Waals surface area contributed by atoms with Crippen LogP contribution >= 0.6 is 11.6 Å². The van der Waals surface area contributed by atoms with E-state index in [-0.39, 0.29) is 12.0 Å². The van der Waals surface area contributed by atoms with Gasteiger partial charge in [0, 0.05) is 30.8 Å². The zero-order valence-corrected chi connectivity index (χ0v) is 14.5. The minimum atomic E-state index is -0.945. The summed E-state index contributed by atoms with van der Waals surface area (Å²) in [6.45, 7) is 6.73. The van der Waals surface area contributed by atoms with E-state index in [0.29, 0.717) is 30.6 Å². The van der Waals surface area contributed by atoms with Crippen molar-refractivity contribution in [2.45, 2.75) is 44.8 Å². The molecule has 0 bridgehead atoms. The lowest BCUT2D eigenvalue weighted by atomic mass is 9.83. The number of likely N-dealkylation sites (tertiary alicyclic amines) is 1. The van der Waals surface area contributed by atoms with Crippen LogP contribution in [0, 0.1) is 11.8 Å². The molecule has 6 heteroatoms. The molecule has 1 aromatic rings. The van der Waals surface area contributed by atoms with Gasteiger partial charge < -0.3 is 14.7 Å². The predicted octanol–water partition coefficient (Wildman–Crippen LogP) is 3.20. The quantitative estimate of drug-likeness (QED) is 0.799. The number of hydrogen-bond acceptors (Lipinski definition) is 4. The van der Waals surface area contributed by atoms with Crippen molar-refractivity contribution in [3.05, 3.63) is 29.0 Å². The Balaban J connectivity index is 1.76. The number of carbonyl (C=O) groups is 1. The highest BCUT2D eigenvalue weighted by Crippen LogP contribution is 2.50. The smallest absolute Gasteiger partial charge is 0.410 e. The van der Waals surface area contributed by atoms with Crippen LogP contribution in [0.15, 0.2) is 18.3 Å². The summed E-state index contributed by atoms with van der Waals surface area (Å²) in [5.74, 6) is 0.307. The van der Waals surface area contributed by atoms with E-state index in [4.69, 9.17) is 16.3 Å². The molecule has 1 unspecified atom stereocenters. The highest BCUT2D eigenvalue weighted by atomic mass is 35.5. The summed E-state index contributed by atoms with van der Waals surface area (Å²) in [5.41, 5.74) is -0.676. The van der Waals surface area contributed by atoms with E-state index < -0.39 is 11.2 Å². The van der Waals surface area contributed by atoms with Gasteiger partial charge in [0.1, 0.15) is 10.8 Å². The maximum atomic E-state index is 12.3. The number of nitrogens with zero attached hydrogens (tertiary/aromatic N) is 2. The van der Waals surface area contributed by atoms with Crippen LogP contribution in [0.5, 0.6) is 0 Å². The SMILES string of the molecule is CC(C)(C)OC(=O)N1C[C@H]2CCC(O)(c3ccc(Cl)nc3)[C@H]2C1. The fourth-order valence-corrected chi connectivity index (χ4v) is 3.87. The van der Waals surface area contributed by atoms with E-state index in [1.165, 1.54) is 0 Å². The zero-order valence-electron chi connectivity index (χ0n) is 13.8. The largest absolute Gasteiger partial charge is 0.444 e. The maximum absolute atomic E-state index is 12.3. The number of carbonyl (C=O) groups excluding carboxylic acids is 1. The van der Waals surface area contributed by atoms with Crippen LogP contribution in [0.1, 0.15) is 39.2 Å². The molecular formula is C17H23ClN2O3. The Morgan fingerprint density at radius 3 is 2.78 bits per heavy atom. The number of halogens is 1. The van der Waals surface area contributed by atoms with Crippen molar-refractivity contribution in [1.82, 2.24) is 9.88 Å². The van der Waals surface area contributed by atoms with Crippen molar-refractivity contribution >= 4 is 17.7 Å². The minimum absolute atomic E-state index is 0.0120. The van der Waals surface area contributed by atoms with Crippen LogP contribution in [0.3, 0.4) is 0 Å². The lowest BCUT2D eigenvalue weighted by Crippen LogP contribution is -2.39. The number of fused-ring (bicyclic) bond motifs is 1. The van der Waals surface area contributed by atoms with Crippen LogP contribution in [-0.2, 0) is 10.3 Å². The molecule has 1 saturated heterocycles. The molecule has 2 fully saturated rings. The Kier molecular flexibility index (Phi) is 4.05. The monoisotopic (exact) mass is 338 g/mol. The van der Waals surface area contributed by atoms with E-state index >= 15 is 0 Å². The molecule has 126 valence electrons. The third-order valence-corrected chi connectivity index (χ3v) is 5.05. The Morgan fingerprint density at radius 1 is 1.43 bits per heavy atom. The number of aliphatic hydroxyl groups is 1. The maximum Gasteiger partial charge on any atom is 0.410 e. The molecule has 0 radical (unpaired) electrons. The number of ether oxygens (including phenoxy) is 1. The van der Waals surface area contributed by atoms with Crippen LogP contribution in [0.25, 0.3) is 0 Å². The first-order valence-electron chi connectivity index (χ1n) is 8.01. The van der Waals surface area contributed by atoms with Gasteiger partial charge in [-0.15, -0.1) is 0 Å². The van der Waals surface area contributed by atoms with Gasteiger partial charge in [-0.05, 0) is 45.6 Å². The molecule has 0 aromatic carbocycles. The van der Waals surface area contributed by atoms with Gasteiger partial charge in [0.25, 0.3) is 0 Å². The molecule has 1 amide bonds. The van der Waals surface area contributed by atoms with Gasteiger partial charge in [-0.1, -0.05) is 17.7 Å². The molecule has 2 heterocycles. The number of hydrogen-bond donors (Lipinski definition) is 1. The predicted molar refractivity (Wildman–Crippen MR) is 87.2 cm³/mol. The minimum Gasteiger partial charge on any atom is -0.444 e. The molecule has 3 atom stereocenters. The van der Waals surface area contributed by atoms with Gasteiger partial charge in [0.15, 0.2) is 0 Å². The first kappa shape index (κ1) is 16.5. The normalized spacial score (nSPS) is 30.4. The molecule has 1 N–H and O–H groups in total. The molecule has 1 aliphatic carbocycles. The molecule has 1 aromatic heterocycles. The lowest BCUT2D eigenvalue weighted by molar-refractivity contribution is -0.0104. The average molecular weight is 339 g/mol. The zero-order chi connectivity index (χ0) is 16.8. The molecular weight excluding hydrogens is 316 g/mol. The molecule has 23 heavy (non-hydrogen) atoms. The number of aromatic nitrogens is 1. The third kappa shape index (κ3) is 3.17. The second kappa shape index (κ2) is 5.64. The summed E-state index contributed by atoms with van der Waals surface area (Å²) in [5, 5.41) is 11.6. The second-order valence-electron chi connectivity index (χ2n) is 7.58. The Labute approximate surface area is 141 Å². The summed E-state index contributed by atoms with van der Waals surface area (Å²) in [4.78, 5) is 18.1. The van der Waals surface area contributed by atoms with Crippen molar-refractivity contribution in [3.8, 4) is 0 Å². The summed E-state index contributed by atoms with van der Waals surface area (Å²) in [6.07, 6.45) is 2.92. The van der Waals surface area contributed by atoms with E-state index in [9.17, 15) is 9.90 Å². The van der Waals surface area contributed by atoms with Gasteiger partial charge in [0.2, 0.25) is 0 Å². The Hall–Kier alpha value is -1.33. The number of rotatable bonds is 1. The molecule has 5 nitrogen and oxygen atoms in total. The first-order valence-corrected chi connectivity index (χ1v) is 8.39. The van der Waals surface area contributed by atoms with Crippen molar-refractivity contribution < 1.29 is 14.6 Å². The van der Waals surface area contributed by atoms with Crippen LogP contribution in [0.4, 0.5) is 4.79 Å².